The molecule has 0 saturated carbocycles. The van der Waals surface area contributed by atoms with E-state index in [1.807, 2.05) is 48.3 Å². The number of fused-ring (bicyclic) bond motifs is 4. The summed E-state index contributed by atoms with van der Waals surface area (Å²) >= 11 is 0. The second-order valence-corrected chi connectivity index (χ2v) is 8.07. The zero-order chi connectivity index (χ0) is 22.8. The topological polar surface area (TPSA) is 98.5 Å². The molecule has 0 bridgehead atoms. The van der Waals surface area contributed by atoms with E-state index in [9.17, 15) is 14.5 Å². The van der Waals surface area contributed by atoms with Gasteiger partial charge in [0.25, 0.3) is 5.91 Å². The van der Waals surface area contributed by atoms with Gasteiger partial charge >= 0.3 is 0 Å². The van der Waals surface area contributed by atoms with Crippen molar-refractivity contribution < 1.29 is 14.2 Å². The van der Waals surface area contributed by atoms with Gasteiger partial charge in [-0.15, -0.1) is 4.91 Å². The fraction of sp³-hybridized carbons (Fsp3) is 0.292. The standard InChI is InChI=1S/C24H25N5O3/c1-15-18-14-28(2)13-11-16(18)22(23-21(15)17-8-4-5-9-19(17)26-23)24(31)25-12-7-6-10-20(30)29(3)27-32/h4-5,8-9,11,13-14H,6-7,10,12H2,1-3H3,(H,25,31)/p+1. The quantitative estimate of drug-likeness (QED) is 0.202. The van der Waals surface area contributed by atoms with Crippen LogP contribution in [0, 0.1) is 11.8 Å². The highest BCUT2D eigenvalue weighted by molar-refractivity contribution is 6.24. The van der Waals surface area contributed by atoms with Gasteiger partial charge in [0.1, 0.15) is 7.05 Å². The molecule has 0 saturated heterocycles. The number of benzene rings is 2. The van der Waals surface area contributed by atoms with Crippen LogP contribution in [0.15, 0.2) is 48.0 Å². The van der Waals surface area contributed by atoms with Gasteiger partial charge in [-0.05, 0) is 31.4 Å². The third-order valence-electron chi connectivity index (χ3n) is 5.92. The fourth-order valence-corrected chi connectivity index (χ4v) is 4.24. The number of amides is 2. The monoisotopic (exact) mass is 432 g/mol. The number of H-pyrrole nitrogens is 1. The van der Waals surface area contributed by atoms with Crippen LogP contribution in [0.5, 0.6) is 0 Å². The Morgan fingerprint density at radius 1 is 1.12 bits per heavy atom. The van der Waals surface area contributed by atoms with Gasteiger partial charge in [0.15, 0.2) is 12.4 Å². The number of aryl methyl sites for hydroxylation is 2. The van der Waals surface area contributed by atoms with E-state index in [4.69, 9.17) is 0 Å². The van der Waals surface area contributed by atoms with E-state index < -0.39 is 0 Å². The predicted molar refractivity (Wildman–Crippen MR) is 124 cm³/mol. The molecule has 32 heavy (non-hydrogen) atoms. The largest absolute Gasteiger partial charge is 0.354 e. The van der Waals surface area contributed by atoms with Crippen molar-refractivity contribution in [3.05, 3.63) is 58.8 Å². The molecular weight excluding hydrogens is 406 g/mol. The summed E-state index contributed by atoms with van der Waals surface area (Å²) in [5, 5.41) is 10.5. The van der Waals surface area contributed by atoms with Crippen molar-refractivity contribution in [1.82, 2.24) is 15.3 Å². The Balaban J connectivity index is 1.66. The number of rotatable bonds is 7. The lowest BCUT2D eigenvalue weighted by molar-refractivity contribution is -0.670. The van der Waals surface area contributed by atoms with Crippen LogP contribution in [0.3, 0.4) is 0 Å². The smallest absolute Gasteiger partial charge is 0.254 e. The first-order chi connectivity index (χ1) is 15.4. The van der Waals surface area contributed by atoms with Crippen molar-refractivity contribution in [3.63, 3.8) is 0 Å². The molecule has 4 aromatic rings. The zero-order valence-corrected chi connectivity index (χ0v) is 18.4. The second kappa shape index (κ2) is 8.74. The van der Waals surface area contributed by atoms with Gasteiger partial charge in [-0.3, -0.25) is 9.59 Å². The lowest BCUT2D eigenvalue weighted by Crippen LogP contribution is -2.28. The molecule has 8 nitrogen and oxygen atoms in total. The maximum Gasteiger partial charge on any atom is 0.254 e. The van der Waals surface area contributed by atoms with Crippen LogP contribution in [-0.4, -0.2) is 35.4 Å². The van der Waals surface area contributed by atoms with Gasteiger partial charge in [0.2, 0.25) is 5.91 Å². The van der Waals surface area contributed by atoms with Crippen LogP contribution in [0.1, 0.15) is 35.2 Å². The molecule has 0 radical (unpaired) electrons. The van der Waals surface area contributed by atoms with E-state index in [1.54, 1.807) is 0 Å². The number of hydrogen-bond acceptors (Lipinski definition) is 4. The molecule has 4 rings (SSSR count). The molecule has 2 heterocycles. The Morgan fingerprint density at radius 3 is 2.69 bits per heavy atom. The number of pyridine rings is 1. The fourth-order valence-electron chi connectivity index (χ4n) is 4.24. The van der Waals surface area contributed by atoms with Crippen LogP contribution in [-0.2, 0) is 11.8 Å². The SMILES string of the molecule is Cc1c2c[n+](C)ccc2c(C(=O)NCCCCC(=O)N(C)N=O)c2[nH]c3ccccc3c12. The molecule has 164 valence electrons. The minimum absolute atomic E-state index is 0.154. The molecule has 0 spiro atoms. The van der Waals surface area contributed by atoms with Crippen molar-refractivity contribution >= 4 is 44.4 Å². The molecule has 0 fully saturated rings. The Kier molecular flexibility index (Phi) is 5.85. The van der Waals surface area contributed by atoms with Gasteiger partial charge < -0.3 is 10.3 Å². The number of para-hydroxylation sites is 1. The van der Waals surface area contributed by atoms with E-state index >= 15 is 0 Å². The van der Waals surface area contributed by atoms with Crippen molar-refractivity contribution in [3.8, 4) is 0 Å². The first-order valence-corrected chi connectivity index (χ1v) is 10.6. The summed E-state index contributed by atoms with van der Waals surface area (Å²) in [6.07, 6.45) is 5.39. The molecule has 0 unspecified atom stereocenters. The number of nitroso groups, excluding NO2 is 1. The minimum atomic E-state index is -0.330. The predicted octanol–water partition coefficient (Wildman–Crippen LogP) is 3.65. The molecule has 0 aliphatic carbocycles. The van der Waals surface area contributed by atoms with E-state index in [2.05, 4.69) is 28.6 Å². The van der Waals surface area contributed by atoms with Gasteiger partial charge in [0.05, 0.1) is 21.8 Å². The number of unbranched alkanes of at least 4 members (excludes halogenated alkanes) is 1. The van der Waals surface area contributed by atoms with E-state index in [-0.39, 0.29) is 18.2 Å². The molecule has 2 amide bonds. The Morgan fingerprint density at radius 2 is 1.91 bits per heavy atom. The lowest BCUT2D eigenvalue weighted by atomic mass is 9.95. The van der Waals surface area contributed by atoms with Crippen molar-refractivity contribution in [2.24, 2.45) is 12.3 Å². The summed E-state index contributed by atoms with van der Waals surface area (Å²) in [5.41, 5.74) is 3.58. The number of nitrogens with zero attached hydrogens (tertiary/aromatic N) is 3. The molecule has 0 atom stereocenters. The number of carbonyl (C=O) groups excluding carboxylic acids is 2. The highest BCUT2D eigenvalue weighted by Crippen LogP contribution is 2.36. The average molecular weight is 433 g/mol. The summed E-state index contributed by atoms with van der Waals surface area (Å²) in [6, 6.07) is 10.0. The van der Waals surface area contributed by atoms with Crippen LogP contribution in [0.25, 0.3) is 32.6 Å². The summed E-state index contributed by atoms with van der Waals surface area (Å²) in [6.45, 7) is 2.52. The Labute approximate surface area is 185 Å². The van der Waals surface area contributed by atoms with Crippen LogP contribution >= 0.6 is 0 Å². The first-order valence-electron chi connectivity index (χ1n) is 10.6. The summed E-state index contributed by atoms with van der Waals surface area (Å²) < 4.78 is 1.99. The number of aromatic nitrogens is 2. The van der Waals surface area contributed by atoms with Gasteiger partial charge in [-0.2, -0.15) is 0 Å². The summed E-state index contributed by atoms with van der Waals surface area (Å²) in [7, 11) is 3.31. The average Bonchev–Trinajstić information content (AvgIpc) is 3.18. The van der Waals surface area contributed by atoms with E-state index in [0.29, 0.717) is 24.9 Å². The lowest BCUT2D eigenvalue weighted by Gasteiger charge is -2.12. The van der Waals surface area contributed by atoms with Gasteiger partial charge in [0, 0.05) is 47.8 Å². The number of hydrogen-bond donors (Lipinski definition) is 2. The maximum atomic E-state index is 13.3. The zero-order valence-electron chi connectivity index (χ0n) is 18.4. The molecule has 2 aromatic carbocycles. The Hall–Kier alpha value is -3.81. The second-order valence-electron chi connectivity index (χ2n) is 8.07. The summed E-state index contributed by atoms with van der Waals surface area (Å²) in [4.78, 5) is 38.8. The summed E-state index contributed by atoms with van der Waals surface area (Å²) in [5.74, 6) is -0.484. The van der Waals surface area contributed by atoms with Gasteiger partial charge in [-0.1, -0.05) is 18.2 Å². The number of aromatic amines is 1. The molecule has 0 aliphatic rings. The van der Waals surface area contributed by atoms with Crippen LogP contribution in [0.4, 0.5) is 0 Å². The molecule has 8 heteroatoms. The van der Waals surface area contributed by atoms with Crippen molar-refractivity contribution in [2.75, 3.05) is 13.6 Å². The first kappa shape index (κ1) is 21.4. The molecule has 2 N–H and O–H groups in total. The van der Waals surface area contributed by atoms with Crippen molar-refractivity contribution in [2.45, 2.75) is 26.2 Å². The van der Waals surface area contributed by atoms with E-state index in [0.717, 1.165) is 43.2 Å². The highest BCUT2D eigenvalue weighted by atomic mass is 16.3. The normalized spacial score (nSPS) is 11.2. The number of nitrogens with one attached hydrogen (secondary N) is 2. The van der Waals surface area contributed by atoms with E-state index in [1.165, 1.54) is 7.05 Å². The third kappa shape index (κ3) is 3.79. The minimum Gasteiger partial charge on any atom is -0.354 e. The van der Waals surface area contributed by atoms with Crippen molar-refractivity contribution in [1.29, 1.82) is 0 Å². The third-order valence-corrected chi connectivity index (χ3v) is 5.92. The number of carbonyl (C=O) groups is 2. The Bertz CT molecular complexity index is 1360. The molecule has 0 aliphatic heterocycles. The molecular formula is C24H26N5O3+. The van der Waals surface area contributed by atoms with Gasteiger partial charge in [-0.25, -0.2) is 9.58 Å². The van der Waals surface area contributed by atoms with Crippen LogP contribution < -0.4 is 9.88 Å². The maximum absolute atomic E-state index is 13.3. The molecule has 2 aromatic heterocycles. The van der Waals surface area contributed by atoms with Crippen LogP contribution in [0.2, 0.25) is 0 Å². The highest BCUT2D eigenvalue weighted by Gasteiger charge is 2.22.